The van der Waals surface area contributed by atoms with Gasteiger partial charge in [-0.2, -0.15) is 0 Å². The summed E-state index contributed by atoms with van der Waals surface area (Å²) in [5.41, 5.74) is -1.19. The number of hydrogen-bond acceptors (Lipinski definition) is 7. The molecule has 1 aliphatic rings. The number of nitrogens with one attached hydrogen (secondary N) is 3. The fourth-order valence-electron chi connectivity index (χ4n) is 3.62. The number of benzene rings is 1. The number of fused-ring (bicyclic) bond motifs is 1. The zero-order chi connectivity index (χ0) is 21.6. The highest BCUT2D eigenvalue weighted by atomic mass is 19.1. The van der Waals surface area contributed by atoms with Crippen LogP contribution in [-0.4, -0.2) is 13.0 Å². The van der Waals surface area contributed by atoms with Crippen molar-refractivity contribution in [3.05, 3.63) is 67.1 Å². The van der Waals surface area contributed by atoms with Gasteiger partial charge in [-0.3, -0.25) is 14.4 Å². The van der Waals surface area contributed by atoms with Gasteiger partial charge in [0.05, 0.1) is 24.4 Å². The molecular formula is C21H20FN3O5. The van der Waals surface area contributed by atoms with Gasteiger partial charge in [0.2, 0.25) is 0 Å². The molecule has 3 N–H and O–H groups in total. The molecule has 2 aromatic carbocycles. The molecule has 0 aliphatic carbocycles. The number of rotatable bonds is 7. The summed E-state index contributed by atoms with van der Waals surface area (Å²) in [6.07, 6.45) is 0.583. The Balaban J connectivity index is 1.71. The Morgan fingerprint density at radius 2 is 1.93 bits per heavy atom. The lowest BCUT2D eigenvalue weighted by Gasteiger charge is -2.21. The maximum Gasteiger partial charge on any atom is 0.254 e. The average molecular weight is 413 g/mol. The van der Waals surface area contributed by atoms with Gasteiger partial charge in [-0.15, -0.1) is 0 Å². The molecule has 8 nitrogen and oxygen atoms in total. The second-order valence-electron chi connectivity index (χ2n) is 7.06. The predicted octanol–water partition coefficient (Wildman–Crippen LogP) is 2.88. The van der Waals surface area contributed by atoms with Crippen LogP contribution < -0.4 is 31.5 Å². The predicted molar refractivity (Wildman–Crippen MR) is 109 cm³/mol. The molecule has 0 bridgehead atoms. The van der Waals surface area contributed by atoms with Crippen LogP contribution in [-0.2, 0) is 6.54 Å². The lowest BCUT2D eigenvalue weighted by atomic mass is 10.0. The fourth-order valence-corrected chi connectivity index (χ4v) is 3.62. The summed E-state index contributed by atoms with van der Waals surface area (Å²) >= 11 is 0. The van der Waals surface area contributed by atoms with Crippen LogP contribution in [0.5, 0.6) is 5.75 Å². The van der Waals surface area contributed by atoms with E-state index in [0.29, 0.717) is 17.7 Å². The van der Waals surface area contributed by atoms with Crippen molar-refractivity contribution >= 4 is 23.0 Å². The number of amides is 1. The second kappa shape index (κ2) is 7.33. The van der Waals surface area contributed by atoms with Crippen LogP contribution in [0.25, 0.3) is 0 Å². The van der Waals surface area contributed by atoms with Gasteiger partial charge in [-0.05, 0) is 25.5 Å². The standard InChI is InChI=1S/C21H20FN3O5/c1-4-12(13-6-5-9(2)30-13)24-17-18(20(27)19(17)26)25-16-11(22)7-14(29-3)10-8-23-21(28)15(10)16/h5-7,12,24-25H,4,8H2,1-3H3,(H,23,28)/t12-/m1/s1. The van der Waals surface area contributed by atoms with Crippen molar-refractivity contribution < 1.29 is 18.3 Å². The Morgan fingerprint density at radius 1 is 1.20 bits per heavy atom. The number of ether oxygens (including phenoxy) is 1. The van der Waals surface area contributed by atoms with Crippen molar-refractivity contribution in [2.24, 2.45) is 0 Å². The molecule has 1 aromatic heterocycles. The number of methoxy groups -OCH3 is 1. The molecule has 0 saturated heterocycles. The van der Waals surface area contributed by atoms with Gasteiger partial charge in [0.1, 0.15) is 28.6 Å². The van der Waals surface area contributed by atoms with Gasteiger partial charge >= 0.3 is 0 Å². The highest BCUT2D eigenvalue weighted by molar-refractivity contribution is 6.05. The van der Waals surface area contributed by atoms with Gasteiger partial charge in [0, 0.05) is 18.2 Å². The van der Waals surface area contributed by atoms with Crippen LogP contribution >= 0.6 is 0 Å². The smallest absolute Gasteiger partial charge is 0.254 e. The average Bonchev–Trinajstić information content (AvgIpc) is 3.34. The van der Waals surface area contributed by atoms with Crippen molar-refractivity contribution in [3.63, 3.8) is 0 Å². The molecule has 156 valence electrons. The largest absolute Gasteiger partial charge is 0.496 e. The van der Waals surface area contributed by atoms with Crippen LogP contribution in [0.1, 0.15) is 46.8 Å². The number of furan rings is 1. The minimum absolute atomic E-state index is 0.0308. The Kier molecular flexibility index (Phi) is 4.81. The van der Waals surface area contributed by atoms with Gasteiger partial charge in [0.15, 0.2) is 5.82 Å². The monoisotopic (exact) mass is 413 g/mol. The molecule has 3 aromatic rings. The molecule has 30 heavy (non-hydrogen) atoms. The lowest BCUT2D eigenvalue weighted by Crippen LogP contribution is -2.37. The Labute approximate surface area is 170 Å². The number of hydrogen-bond donors (Lipinski definition) is 3. The molecule has 1 amide bonds. The maximum absolute atomic E-state index is 14.8. The Morgan fingerprint density at radius 3 is 2.57 bits per heavy atom. The highest BCUT2D eigenvalue weighted by Gasteiger charge is 2.32. The summed E-state index contributed by atoms with van der Waals surface area (Å²) in [4.78, 5) is 36.7. The topological polar surface area (TPSA) is 110 Å². The van der Waals surface area contributed by atoms with Crippen LogP contribution in [0.2, 0.25) is 0 Å². The normalized spacial score (nSPS) is 13.8. The summed E-state index contributed by atoms with van der Waals surface area (Å²) in [5.74, 6) is 0.306. The molecule has 0 spiro atoms. The van der Waals surface area contributed by atoms with Crippen molar-refractivity contribution in [3.8, 4) is 5.75 Å². The molecule has 9 heteroatoms. The summed E-state index contributed by atoms with van der Waals surface area (Å²) in [7, 11) is 1.38. The molecule has 0 fully saturated rings. The van der Waals surface area contributed by atoms with Crippen LogP contribution in [0.4, 0.5) is 21.5 Å². The van der Waals surface area contributed by atoms with Gasteiger partial charge in [-0.1, -0.05) is 6.92 Å². The van der Waals surface area contributed by atoms with Crippen molar-refractivity contribution in [1.82, 2.24) is 5.32 Å². The highest BCUT2D eigenvalue weighted by Crippen LogP contribution is 2.37. The molecular weight excluding hydrogens is 393 g/mol. The molecule has 1 aliphatic heterocycles. The van der Waals surface area contributed by atoms with E-state index in [-0.39, 0.29) is 41.0 Å². The van der Waals surface area contributed by atoms with Gasteiger partial charge < -0.3 is 25.1 Å². The van der Waals surface area contributed by atoms with Crippen LogP contribution in [0.15, 0.2) is 32.2 Å². The van der Waals surface area contributed by atoms with E-state index in [0.717, 1.165) is 11.8 Å². The van der Waals surface area contributed by atoms with E-state index >= 15 is 0 Å². The van der Waals surface area contributed by atoms with Crippen molar-refractivity contribution in [1.29, 1.82) is 0 Å². The van der Waals surface area contributed by atoms with E-state index in [1.54, 1.807) is 19.1 Å². The Hall–Kier alpha value is -3.62. The van der Waals surface area contributed by atoms with Crippen molar-refractivity contribution in [2.75, 3.05) is 17.7 Å². The molecule has 0 unspecified atom stereocenters. The van der Waals surface area contributed by atoms with E-state index in [4.69, 9.17) is 9.15 Å². The Bertz CT molecular complexity index is 1220. The van der Waals surface area contributed by atoms with E-state index in [2.05, 4.69) is 16.0 Å². The first kappa shape index (κ1) is 19.7. The first-order chi connectivity index (χ1) is 14.3. The van der Waals surface area contributed by atoms with Crippen LogP contribution in [0, 0.1) is 12.7 Å². The summed E-state index contributed by atoms with van der Waals surface area (Å²) in [6.45, 7) is 3.88. The number of aryl methyl sites for hydroxylation is 1. The number of carbonyl (C=O) groups is 1. The van der Waals surface area contributed by atoms with E-state index in [1.807, 2.05) is 6.92 Å². The van der Waals surface area contributed by atoms with E-state index in [1.165, 1.54) is 7.11 Å². The number of halogens is 1. The molecule has 4 rings (SSSR count). The quantitative estimate of drug-likeness (QED) is 0.511. The van der Waals surface area contributed by atoms with Crippen LogP contribution in [0.3, 0.4) is 0 Å². The molecule has 0 saturated carbocycles. The minimum Gasteiger partial charge on any atom is -0.496 e. The molecule has 0 radical (unpaired) electrons. The first-order valence-corrected chi connectivity index (χ1v) is 9.46. The zero-order valence-corrected chi connectivity index (χ0v) is 16.6. The lowest BCUT2D eigenvalue weighted by molar-refractivity contribution is 0.0966. The summed E-state index contributed by atoms with van der Waals surface area (Å²) in [6, 6.07) is 4.38. The van der Waals surface area contributed by atoms with Gasteiger partial charge in [-0.25, -0.2) is 4.39 Å². The number of carbonyl (C=O) groups excluding carboxylic acids is 1. The van der Waals surface area contributed by atoms with Crippen molar-refractivity contribution in [2.45, 2.75) is 32.9 Å². The third-order valence-corrected chi connectivity index (χ3v) is 5.21. The van der Waals surface area contributed by atoms with Gasteiger partial charge in [0.25, 0.3) is 16.8 Å². The maximum atomic E-state index is 14.8. The number of anilines is 3. The van der Waals surface area contributed by atoms with E-state index in [9.17, 15) is 18.8 Å². The summed E-state index contributed by atoms with van der Waals surface area (Å²) in [5, 5.41) is 8.29. The fraction of sp³-hybridized carbons (Fsp3) is 0.286. The third kappa shape index (κ3) is 3.02. The minimum atomic E-state index is -0.787. The second-order valence-corrected chi connectivity index (χ2v) is 7.06. The summed E-state index contributed by atoms with van der Waals surface area (Å²) < 4.78 is 25.5. The zero-order valence-electron chi connectivity index (χ0n) is 16.6. The SMILES string of the molecule is CC[C@@H](Nc1c(Nc2c(F)cc(OC)c3c2C(=O)NC3)c(=O)c1=O)c1ccc(C)o1. The third-order valence-electron chi connectivity index (χ3n) is 5.21. The molecule has 2 heterocycles. The molecule has 1 atom stereocenters. The van der Waals surface area contributed by atoms with E-state index < -0.39 is 22.6 Å². The first-order valence-electron chi connectivity index (χ1n) is 9.46.